The first-order valence-corrected chi connectivity index (χ1v) is 7.96. The number of halogens is 1. The van der Waals surface area contributed by atoms with Gasteiger partial charge in [-0.15, -0.1) is 11.3 Å². The van der Waals surface area contributed by atoms with E-state index in [9.17, 15) is 0 Å². The number of aromatic nitrogens is 3. The van der Waals surface area contributed by atoms with Gasteiger partial charge in [0, 0.05) is 23.0 Å². The van der Waals surface area contributed by atoms with Gasteiger partial charge in [-0.3, -0.25) is 4.98 Å². The first kappa shape index (κ1) is 12.2. The molecule has 3 aromatic rings. The Labute approximate surface area is 125 Å². The molecule has 5 heteroatoms. The van der Waals surface area contributed by atoms with Crippen LogP contribution in [0.2, 0.25) is 5.15 Å². The van der Waals surface area contributed by atoms with E-state index in [0.717, 1.165) is 39.9 Å². The van der Waals surface area contributed by atoms with E-state index in [-0.39, 0.29) is 0 Å². The smallest absolute Gasteiger partial charge is 0.162 e. The van der Waals surface area contributed by atoms with E-state index in [4.69, 9.17) is 16.6 Å². The minimum atomic E-state index is 0.607. The Kier molecular flexibility index (Phi) is 2.93. The zero-order chi connectivity index (χ0) is 13.5. The van der Waals surface area contributed by atoms with Crippen molar-refractivity contribution in [3.05, 3.63) is 40.1 Å². The lowest BCUT2D eigenvalue weighted by atomic mass is 9.97. The lowest BCUT2D eigenvalue weighted by Crippen LogP contribution is -2.08. The topological polar surface area (TPSA) is 38.7 Å². The Balaban J connectivity index is 1.86. The molecule has 20 heavy (non-hydrogen) atoms. The van der Waals surface area contributed by atoms with Crippen molar-refractivity contribution in [2.75, 3.05) is 0 Å². The van der Waals surface area contributed by atoms with Crippen LogP contribution in [0.5, 0.6) is 0 Å². The zero-order valence-corrected chi connectivity index (χ0v) is 12.3. The molecular formula is C15H12ClN3S. The molecule has 0 bridgehead atoms. The Hall–Kier alpha value is -1.52. The van der Waals surface area contributed by atoms with Gasteiger partial charge in [0.15, 0.2) is 5.82 Å². The van der Waals surface area contributed by atoms with Crippen LogP contribution in [0, 0.1) is 0 Å². The van der Waals surface area contributed by atoms with Crippen molar-refractivity contribution >= 4 is 33.2 Å². The lowest BCUT2D eigenvalue weighted by molar-refractivity contribution is 0.663. The van der Waals surface area contributed by atoms with Gasteiger partial charge in [-0.05, 0) is 43.2 Å². The summed E-state index contributed by atoms with van der Waals surface area (Å²) in [5, 5.41) is 2.65. The molecule has 3 nitrogen and oxygen atoms in total. The summed E-state index contributed by atoms with van der Waals surface area (Å²) in [6, 6.07) is 4.11. The molecular weight excluding hydrogens is 290 g/mol. The Morgan fingerprint density at radius 3 is 3.00 bits per heavy atom. The van der Waals surface area contributed by atoms with Crippen molar-refractivity contribution in [1.82, 2.24) is 15.0 Å². The van der Waals surface area contributed by atoms with Crippen molar-refractivity contribution < 1.29 is 0 Å². The molecule has 0 saturated heterocycles. The van der Waals surface area contributed by atoms with Gasteiger partial charge in [-0.1, -0.05) is 11.6 Å². The molecule has 0 spiro atoms. The summed E-state index contributed by atoms with van der Waals surface area (Å²) in [5.74, 6) is 0.693. The highest BCUT2D eigenvalue weighted by molar-refractivity contribution is 7.17. The molecule has 0 N–H and O–H groups in total. The number of hydrogen-bond donors (Lipinski definition) is 0. The van der Waals surface area contributed by atoms with Gasteiger partial charge >= 0.3 is 0 Å². The van der Waals surface area contributed by atoms with Gasteiger partial charge in [0.25, 0.3) is 0 Å². The summed E-state index contributed by atoms with van der Waals surface area (Å²) in [7, 11) is 0. The quantitative estimate of drug-likeness (QED) is 0.630. The highest BCUT2D eigenvalue weighted by Crippen LogP contribution is 2.29. The third-order valence-electron chi connectivity index (χ3n) is 3.69. The number of nitrogens with zero attached hydrogens (tertiary/aromatic N) is 3. The van der Waals surface area contributed by atoms with Crippen molar-refractivity contribution in [1.29, 1.82) is 0 Å². The third-order valence-corrected chi connectivity index (χ3v) is 4.86. The summed E-state index contributed by atoms with van der Waals surface area (Å²) in [6.45, 7) is 0. The van der Waals surface area contributed by atoms with E-state index < -0.39 is 0 Å². The molecule has 0 amide bonds. The largest absolute Gasteiger partial charge is 0.255 e. The van der Waals surface area contributed by atoms with Crippen LogP contribution in [0.3, 0.4) is 0 Å². The molecule has 3 aromatic heterocycles. The normalized spacial score (nSPS) is 14.4. The van der Waals surface area contributed by atoms with E-state index in [1.165, 1.54) is 12.8 Å². The molecule has 1 aliphatic carbocycles. The second-order valence-corrected chi connectivity index (χ2v) is 6.30. The molecule has 4 rings (SSSR count). The molecule has 0 unspecified atom stereocenters. The molecule has 0 aliphatic heterocycles. The summed E-state index contributed by atoms with van der Waals surface area (Å²) in [4.78, 5) is 13.6. The van der Waals surface area contributed by atoms with Crippen molar-refractivity contribution in [2.45, 2.75) is 25.7 Å². The van der Waals surface area contributed by atoms with Crippen LogP contribution in [-0.2, 0) is 12.8 Å². The number of rotatable bonds is 1. The molecule has 0 atom stereocenters. The van der Waals surface area contributed by atoms with E-state index >= 15 is 0 Å². The monoisotopic (exact) mass is 301 g/mol. The summed E-state index contributed by atoms with van der Waals surface area (Å²) < 4.78 is 1.15. The van der Waals surface area contributed by atoms with Crippen molar-refractivity contribution in [3.8, 4) is 11.4 Å². The van der Waals surface area contributed by atoms with Crippen LogP contribution < -0.4 is 0 Å². The van der Waals surface area contributed by atoms with Crippen LogP contribution in [0.15, 0.2) is 23.7 Å². The fraction of sp³-hybridized carbons (Fsp3) is 0.267. The predicted octanol–water partition coefficient (Wildman–Crippen LogP) is 4.29. The standard InChI is InChI=1S/C15H12ClN3S/c16-14-10-3-1-2-4-11(10)18-15(19-14)9-7-13-12(17-8-9)5-6-20-13/h5-8H,1-4H2. The van der Waals surface area contributed by atoms with Gasteiger partial charge in [0.05, 0.1) is 10.2 Å². The van der Waals surface area contributed by atoms with Crippen LogP contribution in [-0.4, -0.2) is 15.0 Å². The van der Waals surface area contributed by atoms with Gasteiger partial charge in [0.2, 0.25) is 0 Å². The van der Waals surface area contributed by atoms with Crippen LogP contribution in [0.25, 0.3) is 21.6 Å². The summed E-state index contributed by atoms with van der Waals surface area (Å²) in [5.41, 5.74) is 4.20. The van der Waals surface area contributed by atoms with Crippen LogP contribution in [0.4, 0.5) is 0 Å². The van der Waals surface area contributed by atoms with Gasteiger partial charge in [0.1, 0.15) is 5.15 Å². The molecule has 0 saturated carbocycles. The average Bonchev–Trinajstić information content (AvgIpc) is 2.94. The van der Waals surface area contributed by atoms with E-state index in [1.807, 2.05) is 17.6 Å². The molecule has 0 aromatic carbocycles. The van der Waals surface area contributed by atoms with Gasteiger partial charge < -0.3 is 0 Å². The molecule has 0 fully saturated rings. The fourth-order valence-electron chi connectivity index (χ4n) is 2.65. The maximum absolute atomic E-state index is 6.33. The molecule has 100 valence electrons. The minimum Gasteiger partial charge on any atom is -0.255 e. The van der Waals surface area contributed by atoms with Gasteiger partial charge in [-0.2, -0.15) is 0 Å². The lowest BCUT2D eigenvalue weighted by Gasteiger charge is -2.16. The maximum Gasteiger partial charge on any atom is 0.162 e. The average molecular weight is 302 g/mol. The maximum atomic E-state index is 6.33. The van der Waals surface area contributed by atoms with Crippen molar-refractivity contribution in [3.63, 3.8) is 0 Å². The highest BCUT2D eigenvalue weighted by atomic mass is 35.5. The second-order valence-electron chi connectivity index (χ2n) is 5.00. The number of thiophene rings is 1. The molecule has 1 aliphatic rings. The summed E-state index contributed by atoms with van der Waals surface area (Å²) >= 11 is 8.00. The zero-order valence-electron chi connectivity index (χ0n) is 10.8. The number of hydrogen-bond acceptors (Lipinski definition) is 4. The number of aryl methyl sites for hydroxylation is 1. The Morgan fingerprint density at radius 2 is 2.05 bits per heavy atom. The van der Waals surface area contributed by atoms with E-state index in [1.54, 1.807) is 11.3 Å². The summed E-state index contributed by atoms with van der Waals surface area (Å²) in [6.07, 6.45) is 6.19. The molecule has 0 radical (unpaired) electrons. The second kappa shape index (κ2) is 4.79. The Morgan fingerprint density at radius 1 is 1.15 bits per heavy atom. The highest BCUT2D eigenvalue weighted by Gasteiger charge is 2.17. The van der Waals surface area contributed by atoms with Gasteiger partial charge in [-0.25, -0.2) is 9.97 Å². The van der Waals surface area contributed by atoms with Crippen LogP contribution >= 0.6 is 22.9 Å². The number of fused-ring (bicyclic) bond motifs is 2. The van der Waals surface area contributed by atoms with Crippen LogP contribution in [0.1, 0.15) is 24.1 Å². The Bertz CT molecular complexity index is 797. The van der Waals surface area contributed by atoms with E-state index in [2.05, 4.69) is 16.0 Å². The first-order chi connectivity index (χ1) is 9.81. The third kappa shape index (κ3) is 2.00. The predicted molar refractivity (Wildman–Crippen MR) is 82.3 cm³/mol. The minimum absolute atomic E-state index is 0.607. The SMILES string of the molecule is Clc1nc(-c2cnc3ccsc3c2)nc2c1CCCC2. The van der Waals surface area contributed by atoms with Crippen molar-refractivity contribution in [2.24, 2.45) is 0 Å². The molecule has 3 heterocycles. The fourth-order valence-corrected chi connectivity index (χ4v) is 3.71. The first-order valence-electron chi connectivity index (χ1n) is 6.70. The van der Waals surface area contributed by atoms with E-state index in [0.29, 0.717) is 11.0 Å². The number of pyridine rings is 1.